The summed E-state index contributed by atoms with van der Waals surface area (Å²) >= 11 is 2.15. The number of hydrogen-bond donors (Lipinski definition) is 1. The predicted octanol–water partition coefficient (Wildman–Crippen LogP) is 2.85. The third kappa shape index (κ3) is 4.41. The lowest BCUT2D eigenvalue weighted by atomic mass is 10.2. The number of hydrogen-bond acceptors (Lipinski definition) is 5. The fraction of sp³-hybridized carbons (Fsp3) is 0.333. The summed E-state index contributed by atoms with van der Waals surface area (Å²) in [6, 6.07) is 12.1. The first-order valence-corrected chi connectivity index (χ1v) is 10.8. The quantitative estimate of drug-likeness (QED) is 0.661. The second-order valence-electron chi connectivity index (χ2n) is 6.24. The molecule has 0 radical (unpaired) electrons. The van der Waals surface area contributed by atoms with Gasteiger partial charge in [-0.2, -0.15) is 0 Å². The van der Waals surface area contributed by atoms with Crippen LogP contribution in [0.1, 0.15) is 0 Å². The lowest BCUT2D eigenvalue weighted by Crippen LogP contribution is -2.44. The highest BCUT2D eigenvalue weighted by Gasteiger charge is 2.20. The highest BCUT2D eigenvalue weighted by molar-refractivity contribution is 14.1. The summed E-state index contributed by atoms with van der Waals surface area (Å²) in [7, 11) is 0.0999. The zero-order valence-electron chi connectivity index (χ0n) is 14.8. The SMILES string of the molecule is COc1ccc(NS(=O)(=O)c2ccc([125I])cc2)cc1N1CCN(C)CC1. The smallest absolute Gasteiger partial charge is 0.261 e. The van der Waals surface area contributed by atoms with Crippen LogP contribution in [-0.4, -0.2) is 53.7 Å². The first-order valence-electron chi connectivity index (χ1n) is 8.29. The summed E-state index contributed by atoms with van der Waals surface area (Å²) in [5.41, 5.74) is 1.43. The van der Waals surface area contributed by atoms with Gasteiger partial charge in [-0.3, -0.25) is 4.72 Å². The number of methoxy groups -OCH3 is 1. The van der Waals surface area contributed by atoms with E-state index in [1.54, 1.807) is 43.5 Å². The minimum atomic E-state index is -3.63. The minimum absolute atomic E-state index is 0.245. The number of benzene rings is 2. The summed E-state index contributed by atoms with van der Waals surface area (Å²) in [6.07, 6.45) is 0. The number of nitrogens with one attached hydrogen (secondary N) is 1. The summed E-state index contributed by atoms with van der Waals surface area (Å²) in [4.78, 5) is 4.74. The maximum atomic E-state index is 12.6. The van der Waals surface area contributed by atoms with Crippen LogP contribution in [0, 0.1) is 3.57 Å². The summed E-state index contributed by atoms with van der Waals surface area (Å²) in [5, 5.41) is 0. The molecule has 1 fully saturated rings. The van der Waals surface area contributed by atoms with Gasteiger partial charge in [-0.15, -0.1) is 0 Å². The first kappa shape index (κ1) is 19.2. The van der Waals surface area contributed by atoms with Crippen LogP contribution in [-0.2, 0) is 10.0 Å². The molecule has 6 nitrogen and oxygen atoms in total. The van der Waals surface area contributed by atoms with E-state index in [2.05, 4.69) is 44.2 Å². The van der Waals surface area contributed by atoms with Crippen molar-refractivity contribution < 1.29 is 13.2 Å². The van der Waals surface area contributed by atoms with Crippen LogP contribution >= 0.6 is 22.6 Å². The van der Waals surface area contributed by atoms with E-state index in [9.17, 15) is 8.42 Å². The lowest BCUT2D eigenvalue weighted by molar-refractivity contribution is 0.311. The molecule has 1 aliphatic heterocycles. The Bertz CT molecular complexity index is 864. The van der Waals surface area contributed by atoms with Crippen molar-refractivity contribution in [3.8, 4) is 5.75 Å². The fourth-order valence-electron chi connectivity index (χ4n) is 2.88. The fourth-order valence-corrected chi connectivity index (χ4v) is 4.28. The largest absolute Gasteiger partial charge is 0.495 e. The van der Waals surface area contributed by atoms with Crippen LogP contribution in [0.15, 0.2) is 47.4 Å². The normalized spacial score (nSPS) is 15.7. The summed E-state index contributed by atoms with van der Waals surface area (Å²) in [6.45, 7) is 3.67. The molecule has 1 aliphatic rings. The first-order chi connectivity index (χ1) is 12.4. The Labute approximate surface area is 168 Å². The van der Waals surface area contributed by atoms with Crippen LogP contribution in [0.4, 0.5) is 11.4 Å². The number of nitrogens with zero attached hydrogens (tertiary/aromatic N) is 2. The third-order valence-corrected chi connectivity index (χ3v) is 6.52. The topological polar surface area (TPSA) is 61.9 Å². The molecule has 2 aromatic rings. The second-order valence-corrected chi connectivity index (χ2v) is 9.16. The Morgan fingerprint density at radius 1 is 1.04 bits per heavy atom. The van der Waals surface area contributed by atoms with Crippen molar-refractivity contribution >= 4 is 44.0 Å². The highest BCUT2D eigenvalue weighted by Crippen LogP contribution is 2.32. The van der Waals surface area contributed by atoms with Crippen LogP contribution in [0.5, 0.6) is 5.75 Å². The maximum Gasteiger partial charge on any atom is 0.261 e. The molecule has 1 saturated heterocycles. The van der Waals surface area contributed by atoms with Gasteiger partial charge in [0.05, 0.1) is 23.4 Å². The number of likely N-dealkylation sites (N-methyl/N-ethyl adjacent to an activating group) is 1. The van der Waals surface area contributed by atoms with Gasteiger partial charge in [-0.05, 0) is 72.1 Å². The standard InChI is InChI=1S/C18H22IN3O3S/c1-21-9-11-22(12-10-21)17-13-15(5-8-18(17)25-2)20-26(23,24)16-6-3-14(19)4-7-16/h3-8,13,20H,9-12H2,1-2H3/i19-2. The molecule has 0 spiro atoms. The van der Waals surface area contributed by atoms with Gasteiger partial charge in [0.2, 0.25) is 0 Å². The molecule has 0 aliphatic carbocycles. The van der Waals surface area contributed by atoms with E-state index in [1.165, 1.54) is 0 Å². The molecule has 0 aromatic heterocycles. The molecular weight excluding hydrogens is 463 g/mol. The van der Waals surface area contributed by atoms with E-state index < -0.39 is 10.0 Å². The van der Waals surface area contributed by atoms with E-state index in [-0.39, 0.29) is 4.90 Å². The van der Waals surface area contributed by atoms with E-state index in [0.717, 1.165) is 41.2 Å². The van der Waals surface area contributed by atoms with Crippen LogP contribution in [0.2, 0.25) is 0 Å². The Balaban J connectivity index is 1.86. The van der Waals surface area contributed by atoms with Gasteiger partial charge < -0.3 is 14.5 Å². The van der Waals surface area contributed by atoms with Gasteiger partial charge in [-0.1, -0.05) is 0 Å². The molecule has 0 amide bonds. The molecule has 0 unspecified atom stereocenters. The summed E-state index contributed by atoms with van der Waals surface area (Å²) in [5.74, 6) is 0.742. The molecule has 0 atom stereocenters. The van der Waals surface area contributed by atoms with Crippen molar-refractivity contribution in [3.63, 3.8) is 0 Å². The Kier molecular flexibility index (Phi) is 5.93. The van der Waals surface area contributed by atoms with Gasteiger partial charge in [0.1, 0.15) is 5.75 Å². The molecule has 26 heavy (non-hydrogen) atoms. The molecule has 1 heterocycles. The molecule has 1 N–H and O–H groups in total. The van der Waals surface area contributed by atoms with Gasteiger partial charge in [0.25, 0.3) is 10.0 Å². The average molecular weight is 485 g/mol. The number of anilines is 2. The van der Waals surface area contributed by atoms with Crippen molar-refractivity contribution in [1.29, 1.82) is 0 Å². The van der Waals surface area contributed by atoms with Crippen molar-refractivity contribution in [2.24, 2.45) is 0 Å². The lowest BCUT2D eigenvalue weighted by Gasteiger charge is -2.35. The van der Waals surface area contributed by atoms with Gasteiger partial charge in [0, 0.05) is 29.7 Å². The molecule has 0 bridgehead atoms. The van der Waals surface area contributed by atoms with Gasteiger partial charge in [0.15, 0.2) is 0 Å². The number of ether oxygens (including phenoxy) is 1. The molecule has 140 valence electrons. The molecule has 8 heteroatoms. The van der Waals surface area contributed by atoms with E-state index in [4.69, 9.17) is 4.74 Å². The molecule has 3 rings (SSSR count). The van der Waals surface area contributed by atoms with Crippen molar-refractivity contribution in [3.05, 3.63) is 46.0 Å². The van der Waals surface area contributed by atoms with E-state index >= 15 is 0 Å². The zero-order chi connectivity index (χ0) is 18.7. The van der Waals surface area contributed by atoms with E-state index in [1.807, 2.05) is 6.07 Å². The minimum Gasteiger partial charge on any atom is -0.495 e. The van der Waals surface area contributed by atoms with Crippen LogP contribution < -0.4 is 14.4 Å². The summed E-state index contributed by atoms with van der Waals surface area (Å²) < 4.78 is 34.4. The van der Waals surface area contributed by atoms with Crippen molar-refractivity contribution in [1.82, 2.24) is 4.90 Å². The molecule has 2 aromatic carbocycles. The second kappa shape index (κ2) is 8.01. The number of sulfonamides is 1. The Hall–Kier alpha value is -1.52. The van der Waals surface area contributed by atoms with Crippen LogP contribution in [0.25, 0.3) is 0 Å². The Morgan fingerprint density at radius 2 is 1.69 bits per heavy atom. The van der Waals surface area contributed by atoms with Crippen molar-refractivity contribution in [2.75, 3.05) is 50.0 Å². The third-order valence-electron chi connectivity index (χ3n) is 4.40. The van der Waals surface area contributed by atoms with Gasteiger partial charge in [-0.25, -0.2) is 8.42 Å². The number of piperazine rings is 1. The maximum absolute atomic E-state index is 12.6. The highest BCUT2D eigenvalue weighted by atomic mass is 125. The monoisotopic (exact) mass is 485 g/mol. The van der Waals surface area contributed by atoms with Crippen LogP contribution in [0.3, 0.4) is 0 Å². The van der Waals surface area contributed by atoms with Gasteiger partial charge >= 0.3 is 0 Å². The Morgan fingerprint density at radius 3 is 2.31 bits per heavy atom. The molecule has 0 saturated carbocycles. The zero-order valence-corrected chi connectivity index (χ0v) is 17.7. The number of rotatable bonds is 5. The number of halogens is 1. The average Bonchev–Trinajstić information content (AvgIpc) is 2.62. The predicted molar refractivity (Wildman–Crippen MR) is 113 cm³/mol. The van der Waals surface area contributed by atoms with Crippen molar-refractivity contribution in [2.45, 2.75) is 4.90 Å². The van der Waals surface area contributed by atoms with E-state index in [0.29, 0.717) is 5.69 Å². The molecular formula is C18H22IN3O3S.